The molecule has 0 aliphatic heterocycles. The van der Waals surface area contributed by atoms with Gasteiger partial charge in [0, 0.05) is 0 Å². The van der Waals surface area contributed by atoms with Crippen LogP contribution in [0, 0.1) is 53.2 Å². The molecule has 0 nitrogen and oxygen atoms in total. The Morgan fingerprint density at radius 2 is 0.737 bits per heavy atom. The van der Waals surface area contributed by atoms with Crippen LogP contribution in [-0.4, -0.2) is 0 Å². The average molecular weight is 523 g/mol. The quantitative estimate of drug-likeness (QED) is 0.275. The van der Waals surface area contributed by atoms with Crippen molar-refractivity contribution in [3.8, 4) is 0 Å². The van der Waals surface area contributed by atoms with Gasteiger partial charge in [-0.25, -0.2) is 8.78 Å². The minimum absolute atomic E-state index is 0.0573. The van der Waals surface area contributed by atoms with Gasteiger partial charge in [-0.1, -0.05) is 121 Å². The van der Waals surface area contributed by atoms with Crippen molar-refractivity contribution >= 4 is 0 Å². The molecule has 2 heteroatoms. The van der Waals surface area contributed by atoms with Crippen LogP contribution >= 0.6 is 0 Å². The summed E-state index contributed by atoms with van der Waals surface area (Å²) in [5, 5.41) is 0. The predicted molar refractivity (Wildman–Crippen MR) is 164 cm³/mol. The number of aryl methyl sites for hydroxylation is 6. The third kappa shape index (κ3) is 10.0. The molecule has 3 aromatic carbocycles. The molecule has 0 fully saturated rings. The molecule has 0 aromatic heterocycles. The summed E-state index contributed by atoms with van der Waals surface area (Å²) in [6, 6.07) is 14.4. The maximum absolute atomic E-state index is 13.7. The molecule has 0 radical (unpaired) electrons. The fourth-order valence-electron chi connectivity index (χ4n) is 4.28. The van der Waals surface area contributed by atoms with E-state index in [0.717, 1.165) is 27.8 Å². The van der Waals surface area contributed by atoms with Crippen molar-refractivity contribution in [2.24, 2.45) is 0 Å². The average Bonchev–Trinajstić information content (AvgIpc) is 2.72. The molecule has 0 saturated heterocycles. The van der Waals surface area contributed by atoms with Crippen LogP contribution in [-0.2, 0) is 16.2 Å². The molecule has 0 aliphatic carbocycles. The second-order valence-corrected chi connectivity index (χ2v) is 14.0. The highest BCUT2D eigenvalue weighted by Crippen LogP contribution is 2.28. The topological polar surface area (TPSA) is 0 Å². The van der Waals surface area contributed by atoms with Crippen molar-refractivity contribution in [1.82, 2.24) is 0 Å². The monoisotopic (exact) mass is 522 g/mol. The molecule has 0 unspecified atom stereocenters. The summed E-state index contributed by atoms with van der Waals surface area (Å²) >= 11 is 0. The summed E-state index contributed by atoms with van der Waals surface area (Å²) in [6.45, 7) is 31.0. The molecular weight excluding hydrogens is 470 g/mol. The highest BCUT2D eigenvalue weighted by molar-refractivity contribution is 5.35. The van der Waals surface area contributed by atoms with Gasteiger partial charge in [0.05, 0.1) is 0 Å². The fraction of sp³-hybridized carbons (Fsp3) is 0.500. The zero-order valence-corrected chi connectivity index (χ0v) is 26.8. The van der Waals surface area contributed by atoms with Gasteiger partial charge in [0.2, 0.25) is 0 Å². The van der Waals surface area contributed by atoms with Gasteiger partial charge in [-0.15, -0.1) is 0 Å². The Morgan fingerprint density at radius 1 is 0.395 bits per heavy atom. The first-order chi connectivity index (χ1) is 17.0. The molecule has 3 aromatic rings. The molecule has 3 rings (SSSR count). The number of hydrogen-bond acceptors (Lipinski definition) is 0. The molecule has 0 N–H and O–H groups in total. The first-order valence-electron chi connectivity index (χ1n) is 13.7. The van der Waals surface area contributed by atoms with Gasteiger partial charge in [0.15, 0.2) is 0 Å². The van der Waals surface area contributed by atoms with E-state index < -0.39 is 0 Å². The Labute approximate surface area is 232 Å². The molecule has 210 valence electrons. The maximum atomic E-state index is 13.7. The molecule has 0 heterocycles. The third-order valence-corrected chi connectivity index (χ3v) is 6.60. The van der Waals surface area contributed by atoms with E-state index >= 15 is 0 Å². The standard InChI is InChI=1S/2C12H17F.C12H18/c1-8-6-10(12(3,4)5)7-9(2)11(8)13;1-8-6-9(2)11(13)10(7-8)12(3,4)5;1-9-6-10(2)8-11(7-9)12(3,4)5/h2*6-7H,1-5H3;6-8H,1-5H3. The van der Waals surface area contributed by atoms with E-state index in [9.17, 15) is 8.78 Å². The molecule has 0 saturated carbocycles. The SMILES string of the molecule is Cc1cc(C(C)(C)C)cc(C)c1F.Cc1cc(C)c(F)c(C(C)(C)C)c1.Cc1cc(C)cc(C(C)(C)C)c1. The van der Waals surface area contributed by atoms with E-state index in [1.165, 1.54) is 22.3 Å². The zero-order valence-electron chi connectivity index (χ0n) is 26.8. The van der Waals surface area contributed by atoms with Gasteiger partial charge < -0.3 is 0 Å². The summed E-state index contributed by atoms with van der Waals surface area (Å²) in [5.74, 6) is -0.133. The van der Waals surface area contributed by atoms with Crippen molar-refractivity contribution in [3.05, 3.63) is 104 Å². The van der Waals surface area contributed by atoms with Crippen molar-refractivity contribution in [2.75, 3.05) is 0 Å². The summed E-state index contributed by atoms with van der Waals surface area (Å²) < 4.78 is 27.0. The normalized spacial score (nSPS) is 11.8. The number of rotatable bonds is 0. The van der Waals surface area contributed by atoms with E-state index in [4.69, 9.17) is 0 Å². The zero-order chi connectivity index (χ0) is 29.8. The van der Waals surface area contributed by atoms with Crippen LogP contribution < -0.4 is 0 Å². The predicted octanol–water partition coefficient (Wildman–Crippen LogP) is 11.1. The van der Waals surface area contributed by atoms with Crippen LogP contribution in [0.1, 0.15) is 112 Å². The summed E-state index contributed by atoms with van der Waals surface area (Å²) in [6.07, 6.45) is 0. The van der Waals surface area contributed by atoms with Gasteiger partial charge in [-0.05, 0) is 91.2 Å². The lowest BCUT2D eigenvalue weighted by Crippen LogP contribution is -2.14. The van der Waals surface area contributed by atoms with Crippen molar-refractivity contribution in [3.63, 3.8) is 0 Å². The molecule has 0 aliphatic rings. The summed E-state index contributed by atoms with van der Waals surface area (Å²) in [4.78, 5) is 0. The third-order valence-electron chi connectivity index (χ3n) is 6.60. The highest BCUT2D eigenvalue weighted by Gasteiger charge is 2.20. The van der Waals surface area contributed by atoms with Crippen LogP contribution in [0.3, 0.4) is 0 Å². The van der Waals surface area contributed by atoms with Crippen molar-refractivity contribution in [2.45, 2.75) is 120 Å². The Hall–Kier alpha value is -2.48. The van der Waals surface area contributed by atoms with Gasteiger partial charge in [-0.2, -0.15) is 0 Å². The van der Waals surface area contributed by atoms with Crippen LogP contribution in [0.5, 0.6) is 0 Å². The lowest BCUT2D eigenvalue weighted by Gasteiger charge is -2.21. The van der Waals surface area contributed by atoms with E-state index in [-0.39, 0.29) is 27.9 Å². The Bertz CT molecular complexity index is 1180. The summed E-state index contributed by atoms with van der Waals surface area (Å²) in [5.41, 5.74) is 9.78. The van der Waals surface area contributed by atoms with Crippen LogP contribution in [0.2, 0.25) is 0 Å². The van der Waals surface area contributed by atoms with Gasteiger partial charge in [0.1, 0.15) is 11.6 Å². The minimum atomic E-state index is -0.110. The number of hydrogen-bond donors (Lipinski definition) is 0. The number of halogens is 2. The first kappa shape index (κ1) is 33.5. The second kappa shape index (κ2) is 12.6. The van der Waals surface area contributed by atoms with E-state index in [1.54, 1.807) is 0 Å². The van der Waals surface area contributed by atoms with Gasteiger partial charge in [-0.3, -0.25) is 0 Å². The summed E-state index contributed by atoms with van der Waals surface area (Å²) in [7, 11) is 0. The minimum Gasteiger partial charge on any atom is -0.206 e. The second-order valence-electron chi connectivity index (χ2n) is 14.0. The maximum Gasteiger partial charge on any atom is 0.129 e. The molecule has 0 spiro atoms. The Kier molecular flexibility index (Phi) is 11.1. The van der Waals surface area contributed by atoms with Crippen molar-refractivity contribution < 1.29 is 8.78 Å². The van der Waals surface area contributed by atoms with Gasteiger partial charge in [0.25, 0.3) is 0 Å². The fourth-order valence-corrected chi connectivity index (χ4v) is 4.28. The first-order valence-corrected chi connectivity index (χ1v) is 13.7. The number of benzene rings is 3. The van der Waals surface area contributed by atoms with Crippen molar-refractivity contribution in [1.29, 1.82) is 0 Å². The lowest BCUT2D eigenvalue weighted by atomic mass is 9.85. The van der Waals surface area contributed by atoms with E-state index in [0.29, 0.717) is 0 Å². The largest absolute Gasteiger partial charge is 0.206 e. The van der Waals surface area contributed by atoms with E-state index in [1.807, 2.05) is 72.7 Å². The van der Waals surface area contributed by atoms with Crippen LogP contribution in [0.4, 0.5) is 8.78 Å². The van der Waals surface area contributed by atoms with Crippen LogP contribution in [0.15, 0.2) is 42.5 Å². The molecule has 0 atom stereocenters. The van der Waals surface area contributed by atoms with E-state index in [2.05, 4.69) is 73.6 Å². The molecule has 0 bridgehead atoms. The highest BCUT2D eigenvalue weighted by atomic mass is 19.1. The molecular formula is C36H52F2. The Balaban J connectivity index is 0.000000285. The lowest BCUT2D eigenvalue weighted by molar-refractivity contribution is 0.518. The molecule has 0 amide bonds. The van der Waals surface area contributed by atoms with Crippen LogP contribution in [0.25, 0.3) is 0 Å². The van der Waals surface area contributed by atoms with Gasteiger partial charge >= 0.3 is 0 Å². The molecule has 38 heavy (non-hydrogen) atoms. The Morgan fingerprint density at radius 3 is 1.11 bits per heavy atom. The smallest absolute Gasteiger partial charge is 0.129 e.